The second kappa shape index (κ2) is 50.4. The average Bonchev–Trinajstić information content (AvgIpc) is 1.60. The number of nitrogens with zero attached hydrogens (tertiary/aromatic N) is 4. The van der Waals surface area contributed by atoms with E-state index in [1.807, 2.05) is 36.0 Å². The fourth-order valence-electron chi connectivity index (χ4n) is 13.3. The quantitative estimate of drug-likeness (QED) is 0.00362. The van der Waals surface area contributed by atoms with E-state index in [0.717, 1.165) is 42.3 Å². The van der Waals surface area contributed by atoms with Crippen molar-refractivity contribution in [3.63, 3.8) is 0 Å². The van der Waals surface area contributed by atoms with E-state index < -0.39 is 91.7 Å². The zero-order valence-electron chi connectivity index (χ0n) is 66.3. The number of nitrogens with two attached hydrogens (primary N) is 1. The number of aliphatic hydroxyl groups excluding tert-OH is 2. The number of allylic oxidation sites excluding steroid dienone is 1. The molecule has 1 aromatic heterocycles. The molecule has 4 aliphatic carbocycles. The number of nitrogens with one attached hydrogen (secondary N) is 1. The van der Waals surface area contributed by atoms with Gasteiger partial charge in [0, 0.05) is 29.7 Å². The van der Waals surface area contributed by atoms with E-state index in [-0.39, 0.29) is 250 Å². The number of rotatable bonds is 35. The number of ketones is 1. The number of aromatic nitrogens is 2. The maximum absolute atomic E-state index is 12.9. The van der Waals surface area contributed by atoms with Gasteiger partial charge in [-0.3, -0.25) is 58.1 Å². The summed E-state index contributed by atoms with van der Waals surface area (Å²) in [7, 11) is -19.6. The number of alkyl halides is 3. The number of aliphatic hydroxyl groups is 3. The Kier molecular flexibility index (Phi) is 47.3. The minimum atomic E-state index is -5.80. The summed E-state index contributed by atoms with van der Waals surface area (Å²) in [5.41, 5.74) is -1.00. The third-order valence-electron chi connectivity index (χ3n) is 17.8. The van der Waals surface area contributed by atoms with Crippen LogP contribution >= 0.6 is 30.4 Å². The van der Waals surface area contributed by atoms with Gasteiger partial charge in [-0.1, -0.05) is 43.7 Å². The number of hydrazine groups is 1. The van der Waals surface area contributed by atoms with Crippen LogP contribution in [0.3, 0.4) is 0 Å². The molecule has 0 aliphatic heterocycles. The van der Waals surface area contributed by atoms with Crippen molar-refractivity contribution in [1.82, 2.24) is 9.78 Å². The molecule has 0 bridgehead atoms. The molecule has 114 heavy (non-hydrogen) atoms. The van der Waals surface area contributed by atoms with Crippen LogP contribution in [0.15, 0.2) is 109 Å². The fraction of sp³-hybridized carbons (Fsp3) is 0.544. The number of hydrogen-bond donors (Lipinski definition) is 6. The maximum Gasteiger partial charge on any atom is 1.00 e. The third kappa shape index (κ3) is 30.8. The molecular formula is C68H99Cs2F3N6O30P4S. The Morgan fingerprint density at radius 1 is 0.702 bits per heavy atom. The van der Waals surface area contributed by atoms with Gasteiger partial charge < -0.3 is 87.8 Å². The first-order valence-corrected chi connectivity index (χ1v) is 43.3. The van der Waals surface area contributed by atoms with Crippen LogP contribution in [0.5, 0.6) is 23.0 Å². The summed E-state index contributed by atoms with van der Waals surface area (Å²) < 4.78 is 168. The molecule has 0 radical (unpaired) electrons. The van der Waals surface area contributed by atoms with Crippen LogP contribution in [0.4, 0.5) is 30.2 Å². The molecule has 36 nitrogen and oxygen atoms in total. The number of phenolic OH excluding ortho intramolecular Hbond substituents is 1. The average molecular weight is 1960 g/mol. The van der Waals surface area contributed by atoms with E-state index in [0.29, 0.717) is 49.7 Å². The topological polar surface area (TPSA) is 503 Å². The van der Waals surface area contributed by atoms with Gasteiger partial charge in [-0.25, -0.2) is 4.68 Å². The number of carbonyl (C=O) groups excluding carboxylic acids is 2. The molecule has 0 spiro atoms. The number of fused-ring (bicyclic) bond motifs is 6. The minimum Gasteiger partial charge on any atom is -1.00 e. The maximum atomic E-state index is 12.9. The van der Waals surface area contributed by atoms with E-state index in [1.165, 1.54) is 61.9 Å². The van der Waals surface area contributed by atoms with E-state index in [4.69, 9.17) is 67.5 Å². The predicted molar refractivity (Wildman–Crippen MR) is 399 cm³/mol. The number of halogens is 3. The van der Waals surface area contributed by atoms with Crippen LogP contribution in [0.1, 0.15) is 114 Å². The van der Waals surface area contributed by atoms with Crippen molar-refractivity contribution in [3.05, 3.63) is 140 Å². The van der Waals surface area contributed by atoms with Gasteiger partial charge in [0.1, 0.15) is 35.2 Å². The molecule has 4 aromatic carbocycles. The number of nitro benzene ring substituents is 2. The third-order valence-corrected chi connectivity index (χ3v) is 25.9. The summed E-state index contributed by atoms with van der Waals surface area (Å²) in [5.74, 6) is 6.25. The molecule has 7 atom stereocenters. The summed E-state index contributed by atoms with van der Waals surface area (Å²) >= 11 is 0. The predicted octanol–water partition coefficient (Wildman–Crippen LogP) is 6.62. The Morgan fingerprint density at radius 2 is 1.13 bits per heavy atom. The molecule has 3 fully saturated rings. The Bertz CT molecular complexity index is 4210. The van der Waals surface area contributed by atoms with Crippen molar-refractivity contribution in [2.24, 2.45) is 34.4 Å². The van der Waals surface area contributed by atoms with Gasteiger partial charge in [-0.05, 0) is 165 Å². The van der Waals surface area contributed by atoms with E-state index in [1.54, 1.807) is 71.9 Å². The molecule has 3 unspecified atom stereocenters. The Balaban J connectivity index is 0.000000782. The van der Waals surface area contributed by atoms with Gasteiger partial charge in [-0.15, -0.1) is 0 Å². The fourth-order valence-corrected chi connectivity index (χ4v) is 19.5. The van der Waals surface area contributed by atoms with E-state index in [2.05, 4.69) is 36.5 Å². The van der Waals surface area contributed by atoms with Gasteiger partial charge >= 0.3 is 184 Å². The van der Waals surface area contributed by atoms with Gasteiger partial charge in [0.15, 0.2) is 31.2 Å². The van der Waals surface area contributed by atoms with Crippen molar-refractivity contribution < 1.29 is 284 Å². The Hall–Kier alpha value is -3.03. The molecule has 3 saturated carbocycles. The second-order valence-electron chi connectivity index (χ2n) is 24.9. The van der Waals surface area contributed by atoms with Gasteiger partial charge in [0.25, 0.3) is 17.8 Å². The minimum absolute atomic E-state index is 0. The number of nitro groups is 2. The molecule has 5 aromatic rings. The Labute approximate surface area is 778 Å². The van der Waals surface area contributed by atoms with E-state index >= 15 is 0 Å². The van der Waals surface area contributed by atoms with Crippen LogP contribution in [-0.2, 0) is 89.6 Å². The van der Waals surface area contributed by atoms with Crippen molar-refractivity contribution >= 4 is 75.9 Å². The molecule has 630 valence electrons. The van der Waals surface area contributed by atoms with Crippen molar-refractivity contribution in [2.45, 2.75) is 125 Å². The number of ether oxygens (including phenoxy) is 3. The van der Waals surface area contributed by atoms with Crippen LogP contribution in [0.25, 0.3) is 11.8 Å². The van der Waals surface area contributed by atoms with Crippen molar-refractivity contribution in [3.8, 4) is 28.7 Å². The van der Waals surface area contributed by atoms with Gasteiger partial charge in [0.2, 0.25) is 0 Å². The molecule has 0 amide bonds. The van der Waals surface area contributed by atoms with Gasteiger partial charge in [0.05, 0.1) is 104 Å². The van der Waals surface area contributed by atoms with Crippen LogP contribution < -0.4 is 169 Å². The number of carbonyl (C=O) groups is 2. The summed E-state index contributed by atoms with van der Waals surface area (Å²) in [5, 5.41) is 75.5. The Morgan fingerprint density at radius 3 is 1.55 bits per heavy atom. The first-order valence-electron chi connectivity index (χ1n) is 35.0. The summed E-state index contributed by atoms with van der Waals surface area (Å²) in [6.45, 7) is 18.0. The molecule has 9 rings (SSSR count). The smallest absolute Gasteiger partial charge is 1.00 e. The first-order chi connectivity index (χ1) is 52.8. The van der Waals surface area contributed by atoms with Crippen molar-refractivity contribution in [2.75, 3.05) is 90.3 Å². The zero-order valence-corrected chi connectivity index (χ0v) is 82.3. The standard InChI is InChI=1S/C33H45N2O8P.C11H19N2O4P.C11H16NO6P.C6H12F3O6PS.C6H5NO3.CH2O3.2Cs.H/c1-5-42-44(40,43-6-2)20-41-24-9-7-8-23(15-24)35-27-14-22-10-11-25-26-12-13-33(39,29(38)19-36)32(26,4)17-28(37)30(25)31(22,3)16-21(27)18-34-35;1-3-16-18(14,17-4-2)9-15-11-7-5-6-10(8-11)13-12;1-3-17-19(15,18-4-2)9-16-11-7-5-6-10(8-11)12(13)14;1-3-13-16(10,14-4-2)5-15-17(11,12)6(7,8)9;8-6-3-1-2-5(4-6)7(9)10;2-1-4-3;;;/h7-9,14-15,18,25-26,28,30,36-37,39H,5-6,10-13,16-17,19-20H2,1-4H3;5-8,13H,3-4,9,12H2,1-2H3;5-8H,3-4,9H2,1-2H3;3-5H2,1-2H3;1-4,8H;1,3H;;;/q;;;;;;2*+1;-1/p-1/t25?,26?,28-,30?,31-,32-,33-;;;;;;;;/m0......../s1. The zero-order chi connectivity index (χ0) is 83.9. The summed E-state index contributed by atoms with van der Waals surface area (Å²) in [6, 6.07) is 25.3. The number of Topliss-reactive ketones (excluding diaryl/α,β-unsaturated/α-hetero) is 1. The summed E-state index contributed by atoms with van der Waals surface area (Å²) in [6.07, 6.45) is 5.40. The van der Waals surface area contributed by atoms with Crippen LogP contribution in [0.2, 0.25) is 0 Å². The number of phenols is 1. The van der Waals surface area contributed by atoms with Crippen LogP contribution in [0, 0.1) is 48.8 Å². The number of anilines is 1. The number of benzene rings is 4. The monoisotopic (exact) mass is 1960 g/mol. The second-order valence-corrected chi connectivity index (χ2v) is 34.5. The largest absolute Gasteiger partial charge is 1.00 e. The molecule has 0 saturated heterocycles. The number of non-ortho nitro benzene ring substituents is 2. The van der Waals surface area contributed by atoms with Crippen molar-refractivity contribution in [1.29, 1.82) is 0 Å². The number of hydrogen-bond acceptors (Lipinski definition) is 33. The molecule has 46 heteroatoms. The summed E-state index contributed by atoms with van der Waals surface area (Å²) in [4.78, 5) is 43.5. The van der Waals surface area contributed by atoms with E-state index in [9.17, 15) is 80.2 Å². The SMILES string of the molecule is CCOP(=O)(COS(=O)(=O)C(F)(F)F)OCC.CCOP(=O)(COc1cccc(-n2ncc3c2C=C2CCC4C([C@@H](O)C[C@@]5(C)C4CC[C@]5(O)C(=O)CO)[C@@]2(C)C3)c1)OCC.CCOP(=O)(COc1cccc(NN)c1)OCC.CCOP(=O)(COc1cccc([N+](=O)[O-])c1)OCC.O=CO[O-].O=[N+]([O-])c1cccc(O)c1.[Cs+].[Cs+].[H-]. The molecular weight excluding hydrogens is 1860 g/mol. The van der Waals surface area contributed by atoms with Gasteiger partial charge in [-0.2, -0.15) is 26.7 Å². The number of nitrogen functional groups attached to an aromatic ring is 1. The molecule has 1 heterocycles. The first kappa shape index (κ1) is 107. The van der Waals surface area contributed by atoms with Crippen LogP contribution in [-0.4, -0.2) is 163 Å². The normalized spacial score (nSPS) is 20.0. The molecule has 7 N–H and O–H groups in total. The molecule has 4 aliphatic rings. The number of aromatic hydroxyl groups is 1.